The normalized spacial score (nSPS) is 12.2. The van der Waals surface area contributed by atoms with Crippen molar-refractivity contribution in [2.45, 2.75) is 26.3 Å². The molecule has 0 bridgehead atoms. The van der Waals surface area contributed by atoms with E-state index >= 15 is 0 Å². The van der Waals surface area contributed by atoms with Gasteiger partial charge in [-0.05, 0) is 55.7 Å². The number of rotatable bonds is 4. The summed E-state index contributed by atoms with van der Waals surface area (Å²) in [6, 6.07) is 14.8. The second kappa shape index (κ2) is 6.44. The smallest absolute Gasteiger partial charge is 0.0640 e. The van der Waals surface area contributed by atoms with Crippen LogP contribution in [0.3, 0.4) is 0 Å². The van der Waals surface area contributed by atoms with Crippen LogP contribution in [-0.2, 0) is 6.42 Å². The molecule has 19 heavy (non-hydrogen) atoms. The van der Waals surface area contributed by atoms with E-state index in [-0.39, 0.29) is 0 Å². The molecule has 2 rings (SSSR count). The minimum Gasteiger partial charge on any atom is -0.381 e. The lowest BCUT2D eigenvalue weighted by Crippen LogP contribution is -2.18. The SMILES string of the molecule is Cc1ccc(NC(C)Cc2ccc(Br)cc2)c(Cl)c1. The largest absolute Gasteiger partial charge is 0.381 e. The maximum atomic E-state index is 6.23. The Morgan fingerprint density at radius 3 is 2.47 bits per heavy atom. The van der Waals surface area contributed by atoms with Crippen molar-refractivity contribution in [2.24, 2.45) is 0 Å². The third kappa shape index (κ3) is 4.26. The Morgan fingerprint density at radius 2 is 1.84 bits per heavy atom. The Labute approximate surface area is 128 Å². The molecule has 2 aromatic rings. The molecule has 100 valence electrons. The zero-order valence-electron chi connectivity index (χ0n) is 11.1. The molecular weight excluding hydrogens is 322 g/mol. The average molecular weight is 339 g/mol. The van der Waals surface area contributed by atoms with Gasteiger partial charge in [-0.1, -0.05) is 45.7 Å². The van der Waals surface area contributed by atoms with Crippen LogP contribution in [0.15, 0.2) is 46.9 Å². The van der Waals surface area contributed by atoms with Gasteiger partial charge < -0.3 is 5.32 Å². The molecule has 2 aromatic carbocycles. The molecule has 3 heteroatoms. The second-order valence-electron chi connectivity index (χ2n) is 4.86. The van der Waals surface area contributed by atoms with Gasteiger partial charge in [-0.3, -0.25) is 0 Å². The van der Waals surface area contributed by atoms with Gasteiger partial charge in [0.25, 0.3) is 0 Å². The Morgan fingerprint density at radius 1 is 1.16 bits per heavy atom. The van der Waals surface area contributed by atoms with E-state index in [4.69, 9.17) is 11.6 Å². The number of aryl methyl sites for hydroxylation is 1. The van der Waals surface area contributed by atoms with Crippen LogP contribution < -0.4 is 5.32 Å². The summed E-state index contributed by atoms with van der Waals surface area (Å²) < 4.78 is 1.11. The van der Waals surface area contributed by atoms with Gasteiger partial charge >= 0.3 is 0 Å². The molecule has 1 nitrogen and oxygen atoms in total. The van der Waals surface area contributed by atoms with Gasteiger partial charge in [-0.15, -0.1) is 0 Å². The van der Waals surface area contributed by atoms with Gasteiger partial charge in [0.1, 0.15) is 0 Å². The van der Waals surface area contributed by atoms with E-state index in [1.54, 1.807) is 0 Å². The summed E-state index contributed by atoms with van der Waals surface area (Å²) in [7, 11) is 0. The summed E-state index contributed by atoms with van der Waals surface area (Å²) in [6.07, 6.45) is 0.970. The van der Waals surface area contributed by atoms with E-state index < -0.39 is 0 Å². The monoisotopic (exact) mass is 337 g/mol. The van der Waals surface area contributed by atoms with E-state index in [9.17, 15) is 0 Å². The summed E-state index contributed by atoms with van der Waals surface area (Å²) >= 11 is 9.68. The molecule has 0 amide bonds. The Bertz CT molecular complexity index is 551. The molecule has 0 radical (unpaired) electrons. The third-order valence-corrected chi connectivity index (χ3v) is 3.82. The van der Waals surface area contributed by atoms with E-state index in [1.807, 2.05) is 19.1 Å². The van der Waals surface area contributed by atoms with Crippen molar-refractivity contribution < 1.29 is 0 Å². The van der Waals surface area contributed by atoms with E-state index in [1.165, 1.54) is 11.1 Å². The molecular formula is C16H17BrClN. The fourth-order valence-corrected chi connectivity index (χ4v) is 2.58. The molecule has 0 aliphatic rings. The van der Waals surface area contributed by atoms with Gasteiger partial charge in [0.2, 0.25) is 0 Å². The van der Waals surface area contributed by atoms with Crippen LogP contribution in [0.1, 0.15) is 18.1 Å². The van der Waals surface area contributed by atoms with Crippen LogP contribution in [0.4, 0.5) is 5.69 Å². The maximum Gasteiger partial charge on any atom is 0.0640 e. The van der Waals surface area contributed by atoms with Crippen molar-refractivity contribution in [3.05, 3.63) is 63.1 Å². The zero-order chi connectivity index (χ0) is 13.8. The quantitative estimate of drug-likeness (QED) is 0.781. The van der Waals surface area contributed by atoms with Crippen molar-refractivity contribution in [3.8, 4) is 0 Å². The van der Waals surface area contributed by atoms with Crippen LogP contribution in [0.5, 0.6) is 0 Å². The average Bonchev–Trinajstić information content (AvgIpc) is 2.36. The number of benzene rings is 2. The number of hydrogen-bond donors (Lipinski definition) is 1. The molecule has 0 aliphatic carbocycles. The highest BCUT2D eigenvalue weighted by atomic mass is 79.9. The predicted octanol–water partition coefficient (Wildman–Crippen LogP) is 5.45. The number of halogens is 2. The first-order chi connectivity index (χ1) is 9.04. The van der Waals surface area contributed by atoms with Gasteiger partial charge in [-0.2, -0.15) is 0 Å². The lowest BCUT2D eigenvalue weighted by atomic mass is 10.1. The number of nitrogens with one attached hydrogen (secondary N) is 1. The first-order valence-electron chi connectivity index (χ1n) is 6.32. The number of anilines is 1. The molecule has 1 N–H and O–H groups in total. The predicted molar refractivity (Wildman–Crippen MR) is 87.1 cm³/mol. The molecule has 0 spiro atoms. The standard InChI is InChI=1S/C16H17BrClN/c1-11-3-8-16(15(18)9-11)19-12(2)10-13-4-6-14(17)7-5-13/h3-9,12,19H,10H2,1-2H3. The minimum atomic E-state index is 0.335. The van der Waals surface area contributed by atoms with Crippen LogP contribution >= 0.6 is 27.5 Å². The minimum absolute atomic E-state index is 0.335. The summed E-state index contributed by atoms with van der Waals surface area (Å²) in [5, 5.41) is 4.24. The second-order valence-corrected chi connectivity index (χ2v) is 6.18. The summed E-state index contributed by atoms with van der Waals surface area (Å²) in [4.78, 5) is 0. The number of hydrogen-bond acceptors (Lipinski definition) is 1. The molecule has 0 saturated heterocycles. The highest BCUT2D eigenvalue weighted by Gasteiger charge is 2.06. The maximum absolute atomic E-state index is 6.23. The van der Waals surface area contributed by atoms with Crippen LogP contribution in [0.25, 0.3) is 0 Å². The lowest BCUT2D eigenvalue weighted by molar-refractivity contribution is 0.790. The summed E-state index contributed by atoms with van der Waals surface area (Å²) in [5.74, 6) is 0. The van der Waals surface area contributed by atoms with Crippen LogP contribution in [-0.4, -0.2) is 6.04 Å². The molecule has 0 heterocycles. The third-order valence-electron chi connectivity index (χ3n) is 2.98. The van der Waals surface area contributed by atoms with Gasteiger partial charge in [0.05, 0.1) is 10.7 Å². The fourth-order valence-electron chi connectivity index (χ4n) is 2.03. The van der Waals surface area contributed by atoms with Crippen molar-refractivity contribution in [1.82, 2.24) is 0 Å². The van der Waals surface area contributed by atoms with Crippen molar-refractivity contribution >= 4 is 33.2 Å². The first kappa shape index (κ1) is 14.4. The van der Waals surface area contributed by atoms with Gasteiger partial charge in [-0.25, -0.2) is 0 Å². The first-order valence-corrected chi connectivity index (χ1v) is 7.49. The van der Waals surface area contributed by atoms with Crippen molar-refractivity contribution in [2.75, 3.05) is 5.32 Å². The van der Waals surface area contributed by atoms with Gasteiger partial charge in [0, 0.05) is 10.5 Å². The molecule has 0 aromatic heterocycles. The Kier molecular flexibility index (Phi) is 4.89. The molecule has 0 saturated carbocycles. The van der Waals surface area contributed by atoms with Gasteiger partial charge in [0.15, 0.2) is 0 Å². The summed E-state index contributed by atoms with van der Waals surface area (Å²) in [5.41, 5.74) is 3.49. The lowest BCUT2D eigenvalue weighted by Gasteiger charge is -2.17. The van der Waals surface area contributed by atoms with E-state index in [0.717, 1.165) is 21.6 Å². The highest BCUT2D eigenvalue weighted by molar-refractivity contribution is 9.10. The van der Waals surface area contributed by atoms with E-state index in [0.29, 0.717) is 6.04 Å². The Balaban J connectivity index is 2.01. The van der Waals surface area contributed by atoms with Crippen molar-refractivity contribution in [1.29, 1.82) is 0 Å². The molecule has 1 atom stereocenters. The molecule has 0 aliphatic heterocycles. The van der Waals surface area contributed by atoms with E-state index in [2.05, 4.69) is 58.5 Å². The summed E-state index contributed by atoms with van der Waals surface area (Å²) in [6.45, 7) is 4.21. The molecule has 0 fully saturated rings. The van der Waals surface area contributed by atoms with Crippen LogP contribution in [0, 0.1) is 6.92 Å². The highest BCUT2D eigenvalue weighted by Crippen LogP contribution is 2.24. The molecule has 1 unspecified atom stereocenters. The zero-order valence-corrected chi connectivity index (χ0v) is 13.4. The topological polar surface area (TPSA) is 12.0 Å². The Hall–Kier alpha value is -0.990. The van der Waals surface area contributed by atoms with Crippen molar-refractivity contribution in [3.63, 3.8) is 0 Å². The van der Waals surface area contributed by atoms with Crippen LogP contribution in [0.2, 0.25) is 5.02 Å². The fraction of sp³-hybridized carbons (Fsp3) is 0.250.